The average molecular weight is 459 g/mol. The lowest BCUT2D eigenvalue weighted by Gasteiger charge is -2.31. The number of amides is 1. The summed E-state index contributed by atoms with van der Waals surface area (Å²) in [7, 11) is 2.02. The summed E-state index contributed by atoms with van der Waals surface area (Å²) in [6.07, 6.45) is 4.17. The molecule has 2 aromatic rings. The van der Waals surface area contributed by atoms with Crippen LogP contribution in [0.2, 0.25) is 0 Å². The van der Waals surface area contributed by atoms with Gasteiger partial charge in [0.2, 0.25) is 5.91 Å². The molecule has 0 bridgehead atoms. The second kappa shape index (κ2) is 13.2. The van der Waals surface area contributed by atoms with E-state index in [0.717, 1.165) is 54.0 Å². The highest BCUT2D eigenvalue weighted by Crippen LogP contribution is 2.22. The van der Waals surface area contributed by atoms with Crippen LogP contribution in [0.4, 0.5) is 5.69 Å². The van der Waals surface area contributed by atoms with Gasteiger partial charge in [0, 0.05) is 17.6 Å². The van der Waals surface area contributed by atoms with Gasteiger partial charge in [-0.25, -0.2) is 4.98 Å². The lowest BCUT2D eigenvalue weighted by molar-refractivity contribution is -0.115. The molecule has 0 radical (unpaired) electrons. The van der Waals surface area contributed by atoms with Gasteiger partial charge in [0.15, 0.2) is 0 Å². The van der Waals surface area contributed by atoms with E-state index < -0.39 is 0 Å². The van der Waals surface area contributed by atoms with Gasteiger partial charge in [0.1, 0.15) is 5.01 Å². The number of aryl methyl sites for hydroxylation is 1. The van der Waals surface area contributed by atoms with Crippen LogP contribution in [0.15, 0.2) is 29.6 Å². The predicted octanol–water partition coefficient (Wildman–Crippen LogP) is 4.30. The number of halogens is 2. The Labute approximate surface area is 190 Å². The normalized spacial score (nSPS) is 14.7. The van der Waals surface area contributed by atoms with Crippen molar-refractivity contribution >= 4 is 47.7 Å². The third kappa shape index (κ3) is 8.22. The van der Waals surface area contributed by atoms with E-state index in [9.17, 15) is 4.79 Å². The van der Waals surface area contributed by atoms with Crippen LogP contribution < -0.4 is 10.6 Å². The molecular formula is C21H32Cl2N4OS. The molecule has 1 saturated heterocycles. The molecule has 5 nitrogen and oxygen atoms in total. The molecule has 1 aliphatic rings. The molecule has 8 heteroatoms. The van der Waals surface area contributed by atoms with E-state index in [-0.39, 0.29) is 30.7 Å². The van der Waals surface area contributed by atoms with E-state index in [1.165, 1.54) is 19.3 Å². The van der Waals surface area contributed by atoms with Crippen LogP contribution in [0, 0.1) is 12.8 Å². The number of thiazole rings is 1. The van der Waals surface area contributed by atoms with Crippen molar-refractivity contribution in [2.75, 3.05) is 32.0 Å². The highest BCUT2D eigenvalue weighted by Gasteiger charge is 2.19. The van der Waals surface area contributed by atoms with Crippen molar-refractivity contribution in [2.24, 2.45) is 5.92 Å². The number of nitrogens with one attached hydrogen (secondary N) is 2. The Morgan fingerprint density at radius 1 is 1.24 bits per heavy atom. The molecule has 0 atom stereocenters. The number of para-hydroxylation sites is 1. The van der Waals surface area contributed by atoms with Crippen molar-refractivity contribution < 1.29 is 4.79 Å². The third-order valence-electron chi connectivity index (χ3n) is 5.23. The number of hydrogen-bond acceptors (Lipinski definition) is 5. The Morgan fingerprint density at radius 3 is 2.66 bits per heavy atom. The number of rotatable bonds is 8. The van der Waals surface area contributed by atoms with Crippen molar-refractivity contribution in [3.05, 3.63) is 45.9 Å². The van der Waals surface area contributed by atoms with Crippen LogP contribution in [0.25, 0.3) is 0 Å². The summed E-state index contributed by atoms with van der Waals surface area (Å²) in [5.74, 6) is 0.848. The van der Waals surface area contributed by atoms with E-state index in [1.54, 1.807) is 11.3 Å². The molecule has 0 saturated carbocycles. The smallest absolute Gasteiger partial charge is 0.231 e. The molecule has 29 heavy (non-hydrogen) atoms. The first-order valence-corrected chi connectivity index (χ1v) is 10.7. The van der Waals surface area contributed by atoms with Crippen molar-refractivity contribution in [3.63, 3.8) is 0 Å². The van der Waals surface area contributed by atoms with Crippen molar-refractivity contribution in [1.82, 2.24) is 15.2 Å². The van der Waals surface area contributed by atoms with E-state index in [0.29, 0.717) is 6.42 Å². The largest absolute Gasteiger partial charge is 0.325 e. The Balaban J connectivity index is 0.00000210. The molecule has 1 fully saturated rings. The van der Waals surface area contributed by atoms with Gasteiger partial charge in [-0.05, 0) is 70.4 Å². The monoisotopic (exact) mass is 458 g/mol. The maximum absolute atomic E-state index is 12.3. The molecule has 0 spiro atoms. The zero-order valence-corrected chi connectivity index (χ0v) is 19.6. The Morgan fingerprint density at radius 2 is 1.97 bits per heavy atom. The highest BCUT2D eigenvalue weighted by atomic mass is 35.5. The van der Waals surface area contributed by atoms with Crippen molar-refractivity contribution in [3.8, 4) is 0 Å². The minimum atomic E-state index is -0.00412. The molecule has 2 N–H and O–H groups in total. The first-order valence-electron chi connectivity index (χ1n) is 9.79. The van der Waals surface area contributed by atoms with Crippen molar-refractivity contribution in [1.29, 1.82) is 0 Å². The quantitative estimate of drug-likeness (QED) is 0.618. The van der Waals surface area contributed by atoms with E-state index in [2.05, 4.69) is 25.9 Å². The second-order valence-corrected chi connectivity index (χ2v) is 8.33. The summed E-state index contributed by atoms with van der Waals surface area (Å²) >= 11 is 1.59. The molecule has 162 valence electrons. The highest BCUT2D eigenvalue weighted by molar-refractivity contribution is 7.09. The molecule has 3 rings (SSSR count). The number of carbonyl (C=O) groups is 1. The number of aromatic nitrogens is 1. The summed E-state index contributed by atoms with van der Waals surface area (Å²) in [5.41, 5.74) is 3.04. The number of anilines is 1. The van der Waals surface area contributed by atoms with Crippen molar-refractivity contribution in [2.45, 2.75) is 39.2 Å². The maximum atomic E-state index is 12.3. The number of likely N-dealkylation sites (tertiary alicyclic amines) is 1. The summed E-state index contributed by atoms with van der Waals surface area (Å²) < 4.78 is 0. The minimum absolute atomic E-state index is 0. The summed E-state index contributed by atoms with van der Waals surface area (Å²) in [5, 5.41) is 9.22. The molecule has 2 heterocycles. The lowest BCUT2D eigenvalue weighted by Crippen LogP contribution is -2.34. The van der Waals surface area contributed by atoms with Crippen LogP contribution in [0.3, 0.4) is 0 Å². The number of benzene rings is 1. The summed E-state index contributed by atoms with van der Waals surface area (Å²) in [4.78, 5) is 19.5. The van der Waals surface area contributed by atoms with Crippen LogP contribution in [-0.4, -0.2) is 42.5 Å². The average Bonchev–Trinajstić information content (AvgIpc) is 3.09. The Kier molecular flexibility index (Phi) is 11.8. The summed E-state index contributed by atoms with van der Waals surface area (Å²) in [6, 6.07) is 7.84. The van der Waals surface area contributed by atoms with E-state index >= 15 is 0 Å². The molecule has 0 unspecified atom stereocenters. The van der Waals surface area contributed by atoms with Crippen LogP contribution in [-0.2, 0) is 17.8 Å². The number of nitrogens with zero attached hydrogens (tertiary/aromatic N) is 2. The van der Waals surface area contributed by atoms with Gasteiger partial charge < -0.3 is 10.6 Å². The summed E-state index contributed by atoms with van der Waals surface area (Å²) in [6.45, 7) is 6.31. The number of carbonyl (C=O) groups excluding carboxylic acids is 1. The second-order valence-electron chi connectivity index (χ2n) is 7.38. The standard InChI is InChI=1S/C21H30N4OS.2ClH/c1-16-5-3-4-6-19(16)24-20(26)13-21-23-18(15-27-21)14-25-11-8-17(9-12-25)7-10-22-2;;/h3-6,15,17,22H,7-14H2,1-2H3,(H,24,26);2*1H. The van der Waals surface area contributed by atoms with Crippen LogP contribution >= 0.6 is 36.2 Å². The zero-order chi connectivity index (χ0) is 19.1. The van der Waals surface area contributed by atoms with Crippen LogP contribution in [0.5, 0.6) is 0 Å². The molecular weight excluding hydrogens is 427 g/mol. The lowest BCUT2D eigenvalue weighted by atomic mass is 9.93. The SMILES string of the molecule is CNCCC1CCN(Cc2csc(CC(=O)Nc3ccccc3C)n2)CC1.Cl.Cl. The van der Waals surface area contributed by atoms with Gasteiger partial charge in [-0.3, -0.25) is 9.69 Å². The van der Waals surface area contributed by atoms with E-state index in [1.807, 2.05) is 38.2 Å². The zero-order valence-electron chi connectivity index (χ0n) is 17.1. The fourth-order valence-electron chi connectivity index (χ4n) is 3.56. The Bertz CT molecular complexity index is 748. The number of hydrogen-bond donors (Lipinski definition) is 2. The topological polar surface area (TPSA) is 57.3 Å². The fourth-order valence-corrected chi connectivity index (χ4v) is 4.34. The van der Waals surface area contributed by atoms with Gasteiger partial charge in [-0.1, -0.05) is 18.2 Å². The van der Waals surface area contributed by atoms with Gasteiger partial charge >= 0.3 is 0 Å². The predicted molar refractivity (Wildman–Crippen MR) is 127 cm³/mol. The van der Waals surface area contributed by atoms with Gasteiger partial charge in [0.25, 0.3) is 0 Å². The van der Waals surface area contributed by atoms with Gasteiger partial charge in [-0.2, -0.15) is 0 Å². The molecule has 1 aromatic heterocycles. The fraction of sp³-hybridized carbons (Fsp3) is 0.524. The number of piperidine rings is 1. The van der Waals surface area contributed by atoms with Gasteiger partial charge in [0.05, 0.1) is 12.1 Å². The van der Waals surface area contributed by atoms with Crippen LogP contribution in [0.1, 0.15) is 35.5 Å². The molecule has 0 aliphatic carbocycles. The minimum Gasteiger partial charge on any atom is -0.325 e. The Hall–Kier alpha value is -1.18. The first kappa shape index (κ1) is 25.9. The molecule has 1 aliphatic heterocycles. The first-order chi connectivity index (χ1) is 13.1. The molecule has 1 amide bonds. The molecule has 1 aromatic carbocycles. The maximum Gasteiger partial charge on any atom is 0.231 e. The van der Waals surface area contributed by atoms with Gasteiger partial charge in [-0.15, -0.1) is 36.2 Å². The van der Waals surface area contributed by atoms with E-state index in [4.69, 9.17) is 0 Å². The third-order valence-corrected chi connectivity index (χ3v) is 6.12.